The number of hydrogen-bond donors (Lipinski definition) is 0. The number of esters is 1. The highest BCUT2D eigenvalue weighted by atomic mass is 35.5. The molecular weight excluding hydrogens is 307 g/mol. The number of halogens is 2. The van der Waals surface area contributed by atoms with Crippen LogP contribution in [0.1, 0.15) is 10.4 Å². The van der Waals surface area contributed by atoms with Gasteiger partial charge in [0.1, 0.15) is 5.75 Å². The molecule has 21 heavy (non-hydrogen) atoms. The van der Waals surface area contributed by atoms with E-state index in [0.717, 1.165) is 10.8 Å². The van der Waals surface area contributed by atoms with Crippen LogP contribution in [-0.2, 0) is 0 Å². The quantitative estimate of drug-likeness (QED) is 0.469. The zero-order chi connectivity index (χ0) is 14.8. The van der Waals surface area contributed by atoms with Crippen LogP contribution in [0.15, 0.2) is 60.7 Å². The molecule has 0 aliphatic heterocycles. The third kappa shape index (κ3) is 2.87. The SMILES string of the molecule is O=C(Oc1ccc(Cl)c(Cl)c1)c1cccc2ccccc12. The van der Waals surface area contributed by atoms with Gasteiger partial charge in [0, 0.05) is 6.07 Å². The van der Waals surface area contributed by atoms with Crippen molar-refractivity contribution >= 4 is 39.9 Å². The maximum Gasteiger partial charge on any atom is 0.344 e. The lowest BCUT2D eigenvalue weighted by Crippen LogP contribution is -2.09. The molecule has 0 fully saturated rings. The van der Waals surface area contributed by atoms with E-state index < -0.39 is 5.97 Å². The minimum absolute atomic E-state index is 0.347. The van der Waals surface area contributed by atoms with Crippen LogP contribution < -0.4 is 4.74 Å². The smallest absolute Gasteiger partial charge is 0.344 e. The van der Waals surface area contributed by atoms with Crippen molar-refractivity contribution in [2.24, 2.45) is 0 Å². The Kier molecular flexibility index (Phi) is 3.82. The number of rotatable bonds is 2. The number of hydrogen-bond acceptors (Lipinski definition) is 2. The monoisotopic (exact) mass is 316 g/mol. The number of benzene rings is 3. The fraction of sp³-hybridized carbons (Fsp3) is 0. The Hall–Kier alpha value is -2.03. The number of carbonyl (C=O) groups excluding carboxylic acids is 1. The normalized spacial score (nSPS) is 10.6. The van der Waals surface area contributed by atoms with E-state index in [1.54, 1.807) is 18.2 Å². The average molecular weight is 317 g/mol. The van der Waals surface area contributed by atoms with Crippen LogP contribution in [0.4, 0.5) is 0 Å². The second-order valence-corrected chi connectivity index (χ2v) is 5.31. The van der Waals surface area contributed by atoms with E-state index in [4.69, 9.17) is 27.9 Å². The third-order valence-corrected chi connectivity index (χ3v) is 3.85. The molecule has 0 N–H and O–H groups in total. The summed E-state index contributed by atoms with van der Waals surface area (Å²) in [6.45, 7) is 0. The topological polar surface area (TPSA) is 26.3 Å². The first-order valence-corrected chi connectivity index (χ1v) is 7.06. The van der Waals surface area contributed by atoms with Gasteiger partial charge in [-0.1, -0.05) is 59.6 Å². The van der Waals surface area contributed by atoms with Crippen molar-refractivity contribution in [2.75, 3.05) is 0 Å². The molecular formula is C17H10Cl2O2. The Morgan fingerprint density at radius 3 is 2.43 bits per heavy atom. The van der Waals surface area contributed by atoms with E-state index >= 15 is 0 Å². The molecule has 2 nitrogen and oxygen atoms in total. The van der Waals surface area contributed by atoms with Crippen molar-refractivity contribution in [3.63, 3.8) is 0 Å². The third-order valence-electron chi connectivity index (χ3n) is 3.11. The predicted molar refractivity (Wildman–Crippen MR) is 85.4 cm³/mol. The summed E-state index contributed by atoms with van der Waals surface area (Å²) in [6, 6.07) is 17.9. The van der Waals surface area contributed by atoms with Crippen LogP contribution in [-0.4, -0.2) is 5.97 Å². The zero-order valence-corrected chi connectivity index (χ0v) is 12.4. The molecule has 0 saturated carbocycles. The molecule has 3 rings (SSSR count). The fourth-order valence-electron chi connectivity index (χ4n) is 2.11. The molecule has 3 aromatic rings. The second-order valence-electron chi connectivity index (χ2n) is 4.49. The Balaban J connectivity index is 1.95. The number of carbonyl (C=O) groups is 1. The molecule has 0 heterocycles. The molecule has 0 aliphatic carbocycles. The maximum atomic E-state index is 12.3. The van der Waals surface area contributed by atoms with E-state index in [2.05, 4.69) is 0 Å². The average Bonchev–Trinajstić information content (AvgIpc) is 2.50. The highest BCUT2D eigenvalue weighted by Crippen LogP contribution is 2.27. The second kappa shape index (κ2) is 5.76. The summed E-state index contributed by atoms with van der Waals surface area (Å²) in [5.74, 6) is -0.0625. The first kappa shape index (κ1) is 13.9. The molecule has 0 radical (unpaired) electrons. The van der Waals surface area contributed by atoms with Gasteiger partial charge >= 0.3 is 5.97 Å². The molecule has 0 saturated heterocycles. The Morgan fingerprint density at radius 2 is 1.62 bits per heavy atom. The van der Waals surface area contributed by atoms with Crippen molar-refractivity contribution in [1.82, 2.24) is 0 Å². The van der Waals surface area contributed by atoms with Crippen molar-refractivity contribution < 1.29 is 9.53 Å². The summed E-state index contributed by atoms with van der Waals surface area (Å²) in [5, 5.41) is 2.60. The highest BCUT2D eigenvalue weighted by Gasteiger charge is 2.12. The van der Waals surface area contributed by atoms with Gasteiger partial charge in [0.15, 0.2) is 0 Å². The van der Waals surface area contributed by atoms with Crippen molar-refractivity contribution in [1.29, 1.82) is 0 Å². The summed E-state index contributed by atoms with van der Waals surface area (Å²) < 4.78 is 5.36. The van der Waals surface area contributed by atoms with Crippen LogP contribution in [0, 0.1) is 0 Å². The van der Waals surface area contributed by atoms with E-state index in [9.17, 15) is 4.79 Å². The van der Waals surface area contributed by atoms with E-state index in [1.165, 1.54) is 6.07 Å². The van der Waals surface area contributed by atoms with E-state index in [-0.39, 0.29) is 0 Å². The first-order valence-electron chi connectivity index (χ1n) is 6.30. The van der Waals surface area contributed by atoms with Gasteiger partial charge in [0.05, 0.1) is 15.6 Å². The van der Waals surface area contributed by atoms with Gasteiger partial charge in [-0.25, -0.2) is 4.79 Å². The Labute approximate surface area is 131 Å². The summed E-state index contributed by atoms with van der Waals surface area (Å²) in [4.78, 5) is 12.3. The van der Waals surface area contributed by atoms with E-state index in [0.29, 0.717) is 21.4 Å². The molecule has 3 aromatic carbocycles. The maximum absolute atomic E-state index is 12.3. The van der Waals surface area contributed by atoms with Crippen LogP contribution in [0.2, 0.25) is 10.0 Å². The van der Waals surface area contributed by atoms with Crippen molar-refractivity contribution in [2.45, 2.75) is 0 Å². The van der Waals surface area contributed by atoms with Gasteiger partial charge in [0.25, 0.3) is 0 Å². The van der Waals surface area contributed by atoms with Gasteiger partial charge in [-0.15, -0.1) is 0 Å². The van der Waals surface area contributed by atoms with Gasteiger partial charge in [-0.2, -0.15) is 0 Å². The standard InChI is InChI=1S/C17H10Cl2O2/c18-15-9-8-12(10-16(15)19)21-17(20)14-7-3-5-11-4-1-2-6-13(11)14/h1-10H. The minimum atomic E-state index is -0.426. The predicted octanol–water partition coefficient (Wildman–Crippen LogP) is 5.37. The van der Waals surface area contributed by atoms with Crippen LogP contribution >= 0.6 is 23.2 Å². The summed E-state index contributed by atoms with van der Waals surface area (Å²) >= 11 is 11.8. The highest BCUT2D eigenvalue weighted by molar-refractivity contribution is 6.42. The first-order chi connectivity index (χ1) is 10.1. The van der Waals surface area contributed by atoms with Gasteiger partial charge in [-0.3, -0.25) is 0 Å². The molecule has 0 aliphatic rings. The zero-order valence-electron chi connectivity index (χ0n) is 10.8. The van der Waals surface area contributed by atoms with Crippen LogP contribution in [0.3, 0.4) is 0 Å². The Bertz CT molecular complexity index is 823. The summed E-state index contributed by atoms with van der Waals surface area (Å²) in [7, 11) is 0. The molecule has 0 spiro atoms. The molecule has 0 unspecified atom stereocenters. The van der Waals surface area contributed by atoms with Gasteiger partial charge in [0.2, 0.25) is 0 Å². The van der Waals surface area contributed by atoms with Crippen LogP contribution in [0.25, 0.3) is 10.8 Å². The van der Waals surface area contributed by atoms with Crippen molar-refractivity contribution in [3.05, 3.63) is 76.3 Å². The molecule has 0 bridgehead atoms. The minimum Gasteiger partial charge on any atom is -0.423 e. The molecule has 0 atom stereocenters. The number of fused-ring (bicyclic) bond motifs is 1. The lowest BCUT2D eigenvalue weighted by Gasteiger charge is -2.08. The fourth-order valence-corrected chi connectivity index (χ4v) is 2.39. The molecule has 4 heteroatoms. The van der Waals surface area contributed by atoms with Gasteiger partial charge in [-0.05, 0) is 29.0 Å². The largest absolute Gasteiger partial charge is 0.423 e. The lowest BCUT2D eigenvalue weighted by atomic mass is 10.0. The van der Waals surface area contributed by atoms with Gasteiger partial charge < -0.3 is 4.74 Å². The number of ether oxygens (including phenoxy) is 1. The molecule has 0 aromatic heterocycles. The summed E-state index contributed by atoms with van der Waals surface area (Å²) in [6.07, 6.45) is 0. The van der Waals surface area contributed by atoms with E-state index in [1.807, 2.05) is 36.4 Å². The van der Waals surface area contributed by atoms with Crippen molar-refractivity contribution in [3.8, 4) is 5.75 Å². The molecule has 0 amide bonds. The lowest BCUT2D eigenvalue weighted by molar-refractivity contribution is 0.0737. The summed E-state index contributed by atoms with van der Waals surface area (Å²) in [5.41, 5.74) is 0.513. The van der Waals surface area contributed by atoms with Crippen LogP contribution in [0.5, 0.6) is 5.75 Å². The molecule has 104 valence electrons. The Morgan fingerprint density at radius 1 is 0.857 bits per heavy atom.